The molecular weight excluding hydrogens is 296 g/mol. The standard InChI is InChI=1S/C21H30O2.CH4/c1-7-11-18(2)12-8-9-13-19(3)14-10-15-20(4)16-17-21(22-5)23-6;/h7-17,21H,1-6H3;1H4. The Morgan fingerprint density at radius 1 is 0.708 bits per heavy atom. The highest BCUT2D eigenvalue weighted by molar-refractivity contribution is 5.30. The summed E-state index contributed by atoms with van der Waals surface area (Å²) in [4.78, 5) is 0. The molecule has 134 valence electrons. The molecule has 0 aromatic heterocycles. The average molecular weight is 331 g/mol. The third-order valence-electron chi connectivity index (χ3n) is 2.96. The van der Waals surface area contributed by atoms with Crippen LogP contribution in [0.5, 0.6) is 0 Å². The van der Waals surface area contributed by atoms with Gasteiger partial charge in [-0.3, -0.25) is 0 Å². The number of methoxy groups -OCH3 is 2. The first kappa shape index (κ1) is 24.4. The minimum Gasteiger partial charge on any atom is -0.352 e. The molecule has 2 nitrogen and oxygen atoms in total. The monoisotopic (exact) mass is 330 g/mol. The van der Waals surface area contributed by atoms with Crippen LogP contribution in [-0.4, -0.2) is 20.5 Å². The number of allylic oxidation sites excluding steroid dienone is 13. The maximum absolute atomic E-state index is 5.10. The first-order valence-corrected chi connectivity index (χ1v) is 7.76. The Hall–Kier alpha value is -1.90. The van der Waals surface area contributed by atoms with Crippen molar-refractivity contribution in [2.45, 2.75) is 41.4 Å². The fraction of sp³-hybridized carbons (Fsp3) is 0.364. The van der Waals surface area contributed by atoms with Gasteiger partial charge in [0.15, 0.2) is 6.29 Å². The molecule has 2 heteroatoms. The predicted octanol–water partition coefficient (Wildman–Crippen LogP) is 6.33. The van der Waals surface area contributed by atoms with E-state index in [0.717, 1.165) is 5.57 Å². The minimum absolute atomic E-state index is 0. The van der Waals surface area contributed by atoms with Crippen molar-refractivity contribution in [1.29, 1.82) is 0 Å². The normalized spacial score (nSPS) is 14.7. The first-order valence-electron chi connectivity index (χ1n) is 7.76. The molecule has 0 amide bonds. The van der Waals surface area contributed by atoms with E-state index in [2.05, 4.69) is 44.2 Å². The van der Waals surface area contributed by atoms with E-state index in [1.54, 1.807) is 14.2 Å². The summed E-state index contributed by atoms with van der Waals surface area (Å²) in [5, 5.41) is 0. The quantitative estimate of drug-likeness (QED) is 0.363. The van der Waals surface area contributed by atoms with E-state index >= 15 is 0 Å². The highest BCUT2D eigenvalue weighted by atomic mass is 16.7. The molecule has 0 aliphatic heterocycles. The SMILES string of the molecule is C.CC=CC(C)=CC=CC=C(C)C=CC=C(C)C=CC(OC)OC. The Morgan fingerprint density at radius 2 is 1.17 bits per heavy atom. The molecule has 0 radical (unpaired) electrons. The molecule has 0 aromatic carbocycles. The molecule has 0 spiro atoms. The van der Waals surface area contributed by atoms with Gasteiger partial charge in [-0.05, 0) is 33.8 Å². The summed E-state index contributed by atoms with van der Waals surface area (Å²) in [5.41, 5.74) is 3.56. The third kappa shape index (κ3) is 13.7. The summed E-state index contributed by atoms with van der Waals surface area (Å²) in [5.74, 6) is 0. The summed E-state index contributed by atoms with van der Waals surface area (Å²) >= 11 is 0. The molecule has 0 rings (SSSR count). The summed E-state index contributed by atoms with van der Waals surface area (Å²) in [6.45, 7) is 8.22. The van der Waals surface area contributed by atoms with Gasteiger partial charge in [0.05, 0.1) is 0 Å². The van der Waals surface area contributed by atoms with E-state index in [0.29, 0.717) is 0 Å². The van der Waals surface area contributed by atoms with Gasteiger partial charge in [0.25, 0.3) is 0 Å². The molecular formula is C22H34O2. The second-order valence-electron chi connectivity index (χ2n) is 5.17. The molecule has 0 bridgehead atoms. The lowest BCUT2D eigenvalue weighted by atomic mass is 10.2. The molecule has 0 aromatic rings. The smallest absolute Gasteiger partial charge is 0.176 e. The van der Waals surface area contributed by atoms with Crippen molar-refractivity contribution < 1.29 is 9.47 Å². The largest absolute Gasteiger partial charge is 0.352 e. The third-order valence-corrected chi connectivity index (χ3v) is 2.96. The Bertz CT molecular complexity index is 522. The van der Waals surface area contributed by atoms with Crippen LogP contribution in [0.4, 0.5) is 0 Å². The molecule has 24 heavy (non-hydrogen) atoms. The second kappa shape index (κ2) is 16.0. The van der Waals surface area contributed by atoms with Crippen molar-refractivity contribution in [2.24, 2.45) is 0 Å². The van der Waals surface area contributed by atoms with Crippen LogP contribution in [-0.2, 0) is 9.47 Å². The summed E-state index contributed by atoms with van der Waals surface area (Å²) < 4.78 is 10.2. The lowest BCUT2D eigenvalue weighted by Gasteiger charge is -2.06. The highest BCUT2D eigenvalue weighted by Gasteiger charge is 1.96. The van der Waals surface area contributed by atoms with Gasteiger partial charge >= 0.3 is 0 Å². The molecule has 0 heterocycles. The highest BCUT2D eigenvalue weighted by Crippen LogP contribution is 2.02. The summed E-state index contributed by atoms with van der Waals surface area (Å²) in [6.07, 6.45) is 22.1. The number of hydrogen-bond donors (Lipinski definition) is 0. The van der Waals surface area contributed by atoms with Crippen LogP contribution in [0.25, 0.3) is 0 Å². The van der Waals surface area contributed by atoms with Crippen molar-refractivity contribution in [2.75, 3.05) is 14.2 Å². The Balaban J connectivity index is 0. The topological polar surface area (TPSA) is 18.5 Å². The van der Waals surface area contributed by atoms with Gasteiger partial charge in [0, 0.05) is 14.2 Å². The first-order chi connectivity index (χ1) is 11.0. The number of ether oxygens (including phenoxy) is 2. The lowest BCUT2D eigenvalue weighted by Crippen LogP contribution is -2.08. The van der Waals surface area contributed by atoms with E-state index in [1.165, 1.54) is 11.1 Å². The van der Waals surface area contributed by atoms with Crippen LogP contribution in [0.2, 0.25) is 0 Å². The Morgan fingerprint density at radius 3 is 1.67 bits per heavy atom. The van der Waals surface area contributed by atoms with Gasteiger partial charge in [0.2, 0.25) is 0 Å². The van der Waals surface area contributed by atoms with Gasteiger partial charge < -0.3 is 9.47 Å². The van der Waals surface area contributed by atoms with Crippen LogP contribution >= 0.6 is 0 Å². The van der Waals surface area contributed by atoms with E-state index in [9.17, 15) is 0 Å². The van der Waals surface area contributed by atoms with Gasteiger partial charge in [-0.2, -0.15) is 0 Å². The van der Waals surface area contributed by atoms with Gasteiger partial charge in [-0.25, -0.2) is 0 Å². The molecule has 0 saturated heterocycles. The van der Waals surface area contributed by atoms with Gasteiger partial charge in [-0.15, -0.1) is 0 Å². The molecule has 0 fully saturated rings. The molecule has 0 aliphatic rings. The molecule has 0 atom stereocenters. The van der Waals surface area contributed by atoms with Crippen LogP contribution in [0.3, 0.4) is 0 Å². The molecule has 0 aliphatic carbocycles. The van der Waals surface area contributed by atoms with Crippen LogP contribution in [0, 0.1) is 0 Å². The Labute approximate surface area is 149 Å². The van der Waals surface area contributed by atoms with Crippen molar-refractivity contribution in [3.8, 4) is 0 Å². The van der Waals surface area contributed by atoms with Crippen LogP contribution < -0.4 is 0 Å². The van der Waals surface area contributed by atoms with Gasteiger partial charge in [-0.1, -0.05) is 84.9 Å². The van der Waals surface area contributed by atoms with E-state index in [-0.39, 0.29) is 13.7 Å². The lowest BCUT2D eigenvalue weighted by molar-refractivity contribution is -0.0666. The van der Waals surface area contributed by atoms with E-state index in [1.807, 2.05) is 50.3 Å². The van der Waals surface area contributed by atoms with Gasteiger partial charge in [0.1, 0.15) is 0 Å². The van der Waals surface area contributed by atoms with Crippen molar-refractivity contribution in [3.05, 3.63) is 83.6 Å². The second-order valence-corrected chi connectivity index (χ2v) is 5.17. The number of hydrogen-bond acceptors (Lipinski definition) is 2. The zero-order valence-electron chi connectivity index (χ0n) is 15.2. The molecule has 0 N–H and O–H groups in total. The van der Waals surface area contributed by atoms with Crippen molar-refractivity contribution in [1.82, 2.24) is 0 Å². The predicted molar refractivity (Wildman–Crippen MR) is 108 cm³/mol. The summed E-state index contributed by atoms with van der Waals surface area (Å²) in [6, 6.07) is 0. The fourth-order valence-corrected chi connectivity index (χ4v) is 1.68. The average Bonchev–Trinajstić information content (AvgIpc) is 2.53. The molecule has 0 saturated carbocycles. The Kier molecular flexibility index (Phi) is 16.2. The number of rotatable bonds is 9. The molecule has 0 unspecified atom stereocenters. The van der Waals surface area contributed by atoms with Crippen molar-refractivity contribution >= 4 is 0 Å². The maximum Gasteiger partial charge on any atom is 0.176 e. The minimum atomic E-state index is -0.298. The zero-order valence-corrected chi connectivity index (χ0v) is 15.2. The zero-order chi connectivity index (χ0) is 17.5. The van der Waals surface area contributed by atoms with Crippen LogP contribution in [0.1, 0.15) is 35.1 Å². The van der Waals surface area contributed by atoms with E-state index < -0.39 is 0 Å². The van der Waals surface area contributed by atoms with Crippen molar-refractivity contribution in [3.63, 3.8) is 0 Å². The fourth-order valence-electron chi connectivity index (χ4n) is 1.68. The van der Waals surface area contributed by atoms with Crippen LogP contribution in [0.15, 0.2) is 83.6 Å². The maximum atomic E-state index is 5.10. The summed E-state index contributed by atoms with van der Waals surface area (Å²) in [7, 11) is 3.24. The van der Waals surface area contributed by atoms with E-state index in [4.69, 9.17) is 9.47 Å².